The summed E-state index contributed by atoms with van der Waals surface area (Å²) in [6.07, 6.45) is 0.551. The lowest BCUT2D eigenvalue weighted by Crippen LogP contribution is -2.30. The van der Waals surface area contributed by atoms with Gasteiger partial charge in [-0.05, 0) is 32.9 Å². The summed E-state index contributed by atoms with van der Waals surface area (Å²) in [4.78, 5) is 32.1. The lowest BCUT2D eigenvalue weighted by Gasteiger charge is -2.19. The van der Waals surface area contributed by atoms with Crippen LogP contribution in [-0.4, -0.2) is 22.6 Å². The first-order valence-corrected chi connectivity index (χ1v) is 5.21. The van der Waals surface area contributed by atoms with Gasteiger partial charge in [0.15, 0.2) is 23.4 Å². The maximum atomic E-state index is 11.2. The standard InChI is InChI=1S/C12H13NO5/c1-8(15)9-4-5-11(10(6-9)13(16)17)18-12(2,3)7-14/h4-7H,1-3H3. The number of nitro benzene ring substituents is 1. The molecular weight excluding hydrogens is 238 g/mol. The van der Waals surface area contributed by atoms with Crippen molar-refractivity contribution < 1.29 is 19.2 Å². The van der Waals surface area contributed by atoms with Crippen LogP contribution in [0.15, 0.2) is 18.2 Å². The maximum absolute atomic E-state index is 11.2. The van der Waals surface area contributed by atoms with Gasteiger partial charge in [-0.3, -0.25) is 19.7 Å². The molecule has 1 aromatic carbocycles. The molecular formula is C12H13NO5. The van der Waals surface area contributed by atoms with Crippen LogP contribution in [0.5, 0.6) is 5.75 Å². The number of hydrogen-bond donors (Lipinski definition) is 0. The molecule has 0 heterocycles. The molecule has 0 unspecified atom stereocenters. The van der Waals surface area contributed by atoms with Gasteiger partial charge in [0, 0.05) is 11.6 Å². The van der Waals surface area contributed by atoms with Crippen molar-refractivity contribution in [3.8, 4) is 5.75 Å². The first-order chi connectivity index (χ1) is 8.26. The Balaban J connectivity index is 3.24. The van der Waals surface area contributed by atoms with Crippen molar-refractivity contribution in [2.45, 2.75) is 26.4 Å². The normalized spacial score (nSPS) is 10.8. The molecule has 0 aliphatic carbocycles. The summed E-state index contributed by atoms with van der Waals surface area (Å²) in [5.74, 6) is -0.318. The number of carbonyl (C=O) groups is 2. The fourth-order valence-corrected chi connectivity index (χ4v) is 1.27. The van der Waals surface area contributed by atoms with Crippen LogP contribution >= 0.6 is 0 Å². The Morgan fingerprint density at radius 2 is 2.06 bits per heavy atom. The van der Waals surface area contributed by atoms with E-state index in [9.17, 15) is 19.7 Å². The number of ether oxygens (including phenoxy) is 1. The number of benzene rings is 1. The average molecular weight is 251 g/mol. The fraction of sp³-hybridized carbons (Fsp3) is 0.333. The Morgan fingerprint density at radius 3 is 2.50 bits per heavy atom. The molecule has 6 heteroatoms. The molecule has 0 saturated heterocycles. The van der Waals surface area contributed by atoms with E-state index in [2.05, 4.69) is 0 Å². The Morgan fingerprint density at radius 1 is 1.44 bits per heavy atom. The Kier molecular flexibility index (Phi) is 3.80. The van der Waals surface area contributed by atoms with E-state index in [0.29, 0.717) is 6.29 Å². The van der Waals surface area contributed by atoms with Gasteiger partial charge in [0.05, 0.1) is 4.92 Å². The highest BCUT2D eigenvalue weighted by molar-refractivity contribution is 5.95. The molecule has 96 valence electrons. The van der Waals surface area contributed by atoms with Crippen molar-refractivity contribution in [1.29, 1.82) is 0 Å². The Hall–Kier alpha value is -2.24. The third kappa shape index (κ3) is 3.13. The lowest BCUT2D eigenvalue weighted by atomic mass is 10.1. The van der Waals surface area contributed by atoms with E-state index in [1.165, 1.54) is 32.9 Å². The number of aldehydes is 1. The number of Topliss-reactive ketones (excluding diaryl/α,β-unsaturated/α-hetero) is 1. The van der Waals surface area contributed by atoms with E-state index in [-0.39, 0.29) is 22.8 Å². The zero-order chi connectivity index (χ0) is 13.9. The molecule has 0 saturated carbocycles. The van der Waals surface area contributed by atoms with E-state index in [1.807, 2.05) is 0 Å². The highest BCUT2D eigenvalue weighted by atomic mass is 16.6. The molecule has 18 heavy (non-hydrogen) atoms. The van der Waals surface area contributed by atoms with Crippen molar-refractivity contribution >= 4 is 17.8 Å². The molecule has 6 nitrogen and oxygen atoms in total. The number of nitrogens with zero attached hydrogens (tertiary/aromatic N) is 1. The number of carbonyl (C=O) groups excluding carboxylic acids is 2. The lowest BCUT2D eigenvalue weighted by molar-refractivity contribution is -0.386. The summed E-state index contributed by atoms with van der Waals surface area (Å²) in [6.45, 7) is 4.29. The van der Waals surface area contributed by atoms with Crippen molar-refractivity contribution in [2.75, 3.05) is 0 Å². The van der Waals surface area contributed by atoms with Crippen molar-refractivity contribution in [1.82, 2.24) is 0 Å². The van der Waals surface area contributed by atoms with Crippen LogP contribution in [0.1, 0.15) is 31.1 Å². The van der Waals surface area contributed by atoms with E-state index in [4.69, 9.17) is 4.74 Å². The summed E-state index contributed by atoms with van der Waals surface area (Å²) in [5.41, 5.74) is -1.28. The van der Waals surface area contributed by atoms with Crippen LogP contribution in [0, 0.1) is 10.1 Å². The smallest absolute Gasteiger partial charge is 0.311 e. The minimum Gasteiger partial charge on any atom is -0.473 e. The third-order valence-corrected chi connectivity index (χ3v) is 2.22. The first kappa shape index (κ1) is 13.8. The summed E-state index contributed by atoms with van der Waals surface area (Å²) < 4.78 is 5.26. The topological polar surface area (TPSA) is 86.5 Å². The van der Waals surface area contributed by atoms with E-state index < -0.39 is 10.5 Å². The van der Waals surface area contributed by atoms with Gasteiger partial charge in [-0.1, -0.05) is 0 Å². The zero-order valence-electron chi connectivity index (χ0n) is 10.3. The van der Waals surface area contributed by atoms with Gasteiger partial charge < -0.3 is 4.74 Å². The second kappa shape index (κ2) is 4.95. The van der Waals surface area contributed by atoms with Crippen molar-refractivity contribution in [3.63, 3.8) is 0 Å². The second-order valence-corrected chi connectivity index (χ2v) is 4.32. The largest absolute Gasteiger partial charge is 0.473 e. The fourth-order valence-electron chi connectivity index (χ4n) is 1.27. The monoisotopic (exact) mass is 251 g/mol. The molecule has 0 bridgehead atoms. The van der Waals surface area contributed by atoms with Crippen LogP contribution in [-0.2, 0) is 4.79 Å². The maximum Gasteiger partial charge on any atom is 0.311 e. The van der Waals surface area contributed by atoms with Gasteiger partial charge in [-0.15, -0.1) is 0 Å². The van der Waals surface area contributed by atoms with E-state index in [0.717, 1.165) is 6.07 Å². The molecule has 1 rings (SSSR count). The second-order valence-electron chi connectivity index (χ2n) is 4.32. The molecule has 0 fully saturated rings. The van der Waals surface area contributed by atoms with Gasteiger partial charge in [-0.25, -0.2) is 0 Å². The molecule has 0 aromatic heterocycles. The number of nitro groups is 1. The molecule has 0 spiro atoms. The summed E-state index contributed by atoms with van der Waals surface area (Å²) in [7, 11) is 0. The van der Waals surface area contributed by atoms with Gasteiger partial charge in [0.1, 0.15) is 0 Å². The van der Waals surface area contributed by atoms with Crippen LogP contribution < -0.4 is 4.74 Å². The van der Waals surface area contributed by atoms with Crippen LogP contribution in [0.4, 0.5) is 5.69 Å². The highest BCUT2D eigenvalue weighted by Crippen LogP contribution is 2.30. The van der Waals surface area contributed by atoms with E-state index in [1.54, 1.807) is 0 Å². The quantitative estimate of drug-likeness (QED) is 0.346. The van der Waals surface area contributed by atoms with Crippen molar-refractivity contribution in [2.24, 2.45) is 0 Å². The molecule has 0 radical (unpaired) electrons. The number of ketones is 1. The molecule has 0 amide bonds. The molecule has 1 aromatic rings. The third-order valence-electron chi connectivity index (χ3n) is 2.22. The summed E-state index contributed by atoms with van der Waals surface area (Å²) >= 11 is 0. The molecule has 0 aliphatic rings. The van der Waals surface area contributed by atoms with Crippen LogP contribution in [0.2, 0.25) is 0 Å². The minimum atomic E-state index is -1.16. The van der Waals surface area contributed by atoms with Gasteiger partial charge in [0.25, 0.3) is 0 Å². The summed E-state index contributed by atoms with van der Waals surface area (Å²) in [5, 5.41) is 10.9. The predicted molar refractivity (Wildman–Crippen MR) is 63.9 cm³/mol. The Labute approximate surface area is 104 Å². The van der Waals surface area contributed by atoms with Gasteiger partial charge in [-0.2, -0.15) is 0 Å². The van der Waals surface area contributed by atoms with E-state index >= 15 is 0 Å². The predicted octanol–water partition coefficient (Wildman–Crippen LogP) is 2.15. The molecule has 0 atom stereocenters. The number of rotatable bonds is 5. The SMILES string of the molecule is CC(=O)c1ccc(OC(C)(C)C=O)c([N+](=O)[O-])c1. The highest BCUT2D eigenvalue weighted by Gasteiger charge is 2.25. The van der Waals surface area contributed by atoms with Gasteiger partial charge >= 0.3 is 5.69 Å². The Bertz CT molecular complexity index is 507. The summed E-state index contributed by atoms with van der Waals surface area (Å²) in [6, 6.07) is 3.88. The van der Waals surface area contributed by atoms with Crippen LogP contribution in [0.25, 0.3) is 0 Å². The minimum absolute atomic E-state index is 0.0397. The zero-order valence-corrected chi connectivity index (χ0v) is 10.3. The molecule has 0 N–H and O–H groups in total. The van der Waals surface area contributed by atoms with Crippen molar-refractivity contribution in [3.05, 3.63) is 33.9 Å². The first-order valence-electron chi connectivity index (χ1n) is 5.21. The van der Waals surface area contributed by atoms with Gasteiger partial charge in [0.2, 0.25) is 0 Å². The number of hydrogen-bond acceptors (Lipinski definition) is 5. The molecule has 0 aliphatic heterocycles. The average Bonchev–Trinajstić information content (AvgIpc) is 2.28. The van der Waals surface area contributed by atoms with Crippen LogP contribution in [0.3, 0.4) is 0 Å².